The molecule has 0 radical (unpaired) electrons. The SMILES string of the molecule is Cc1ccccc1CC(=O)Nc1ccc2c(c1)nc(C)n2C. The first-order chi connectivity index (χ1) is 10.5. The van der Waals surface area contributed by atoms with Crippen molar-refractivity contribution in [1.29, 1.82) is 0 Å². The van der Waals surface area contributed by atoms with Crippen molar-refractivity contribution in [3.05, 3.63) is 59.4 Å². The molecule has 3 rings (SSSR count). The molecule has 1 N–H and O–H groups in total. The van der Waals surface area contributed by atoms with Crippen LogP contribution in [0.3, 0.4) is 0 Å². The lowest BCUT2D eigenvalue weighted by atomic mass is 10.1. The Morgan fingerprint density at radius 3 is 2.73 bits per heavy atom. The highest BCUT2D eigenvalue weighted by Gasteiger charge is 2.08. The lowest BCUT2D eigenvalue weighted by Crippen LogP contribution is -2.14. The summed E-state index contributed by atoms with van der Waals surface area (Å²) < 4.78 is 2.04. The van der Waals surface area contributed by atoms with Crippen molar-refractivity contribution in [2.75, 3.05) is 5.32 Å². The van der Waals surface area contributed by atoms with Gasteiger partial charge in [-0.3, -0.25) is 4.79 Å². The van der Waals surface area contributed by atoms with Crippen molar-refractivity contribution in [2.24, 2.45) is 7.05 Å². The Morgan fingerprint density at radius 1 is 1.18 bits per heavy atom. The van der Waals surface area contributed by atoms with Gasteiger partial charge < -0.3 is 9.88 Å². The van der Waals surface area contributed by atoms with E-state index in [0.29, 0.717) is 6.42 Å². The average molecular weight is 293 g/mol. The minimum Gasteiger partial charge on any atom is -0.331 e. The Balaban J connectivity index is 1.78. The number of hydrogen-bond donors (Lipinski definition) is 1. The molecule has 22 heavy (non-hydrogen) atoms. The van der Waals surface area contributed by atoms with E-state index in [1.54, 1.807) is 0 Å². The number of benzene rings is 2. The third kappa shape index (κ3) is 2.72. The van der Waals surface area contributed by atoms with Gasteiger partial charge >= 0.3 is 0 Å². The predicted molar refractivity (Wildman–Crippen MR) is 89.0 cm³/mol. The van der Waals surface area contributed by atoms with Crippen LogP contribution in [0.15, 0.2) is 42.5 Å². The molecule has 0 spiro atoms. The maximum atomic E-state index is 12.2. The molecule has 4 heteroatoms. The first kappa shape index (κ1) is 14.3. The first-order valence-electron chi connectivity index (χ1n) is 7.32. The van der Waals surface area contributed by atoms with Crippen molar-refractivity contribution < 1.29 is 4.79 Å². The number of fused-ring (bicyclic) bond motifs is 1. The summed E-state index contributed by atoms with van der Waals surface area (Å²) in [5.74, 6) is 0.944. The molecule has 1 heterocycles. The molecule has 0 unspecified atom stereocenters. The van der Waals surface area contributed by atoms with Crippen molar-refractivity contribution in [3.63, 3.8) is 0 Å². The molecule has 0 aliphatic rings. The fourth-order valence-electron chi connectivity index (χ4n) is 2.58. The van der Waals surface area contributed by atoms with Crippen LogP contribution < -0.4 is 5.32 Å². The summed E-state index contributed by atoms with van der Waals surface area (Å²) in [6.45, 7) is 3.99. The van der Waals surface area contributed by atoms with E-state index in [1.807, 2.05) is 67.9 Å². The molecule has 112 valence electrons. The second kappa shape index (κ2) is 5.64. The van der Waals surface area contributed by atoms with Gasteiger partial charge in [0.25, 0.3) is 0 Å². The van der Waals surface area contributed by atoms with Crippen molar-refractivity contribution in [2.45, 2.75) is 20.3 Å². The van der Waals surface area contributed by atoms with Gasteiger partial charge in [0.05, 0.1) is 17.5 Å². The summed E-state index contributed by atoms with van der Waals surface area (Å²) >= 11 is 0. The Morgan fingerprint density at radius 2 is 1.95 bits per heavy atom. The van der Waals surface area contributed by atoms with E-state index < -0.39 is 0 Å². The van der Waals surface area contributed by atoms with Crippen LogP contribution in [0.25, 0.3) is 11.0 Å². The van der Waals surface area contributed by atoms with Gasteiger partial charge in [-0.25, -0.2) is 4.98 Å². The molecule has 3 aromatic rings. The number of hydrogen-bond acceptors (Lipinski definition) is 2. The van der Waals surface area contributed by atoms with Crippen molar-refractivity contribution in [1.82, 2.24) is 9.55 Å². The number of amides is 1. The van der Waals surface area contributed by atoms with Gasteiger partial charge in [-0.1, -0.05) is 24.3 Å². The van der Waals surface area contributed by atoms with Gasteiger partial charge in [0.1, 0.15) is 5.82 Å². The first-order valence-corrected chi connectivity index (χ1v) is 7.32. The maximum Gasteiger partial charge on any atom is 0.228 e. The molecule has 0 atom stereocenters. The Kier molecular flexibility index (Phi) is 3.67. The van der Waals surface area contributed by atoms with E-state index in [4.69, 9.17) is 0 Å². The molecule has 0 aliphatic carbocycles. The largest absolute Gasteiger partial charge is 0.331 e. The van der Waals surface area contributed by atoms with Gasteiger partial charge in [-0.15, -0.1) is 0 Å². The topological polar surface area (TPSA) is 46.9 Å². The van der Waals surface area contributed by atoms with Crippen LogP contribution in [0.4, 0.5) is 5.69 Å². The maximum absolute atomic E-state index is 12.2. The molecule has 1 aromatic heterocycles. The summed E-state index contributed by atoms with van der Waals surface area (Å²) in [6, 6.07) is 13.8. The van der Waals surface area contributed by atoms with E-state index in [1.165, 1.54) is 0 Å². The molecule has 0 saturated heterocycles. The fraction of sp³-hybridized carbons (Fsp3) is 0.222. The molecule has 0 saturated carbocycles. The monoisotopic (exact) mass is 293 g/mol. The predicted octanol–water partition coefficient (Wildman–Crippen LogP) is 3.37. The standard InChI is InChI=1S/C18H19N3O/c1-12-6-4-5-7-14(12)10-18(22)20-15-8-9-17-16(11-15)19-13(2)21(17)3/h4-9,11H,10H2,1-3H3,(H,20,22). The van der Waals surface area contributed by atoms with Crippen molar-refractivity contribution >= 4 is 22.6 Å². The van der Waals surface area contributed by atoms with Gasteiger partial charge in [0.15, 0.2) is 0 Å². The molecular formula is C18H19N3O. The zero-order chi connectivity index (χ0) is 15.7. The number of nitrogens with one attached hydrogen (secondary N) is 1. The van der Waals surface area contributed by atoms with Gasteiger partial charge in [0, 0.05) is 12.7 Å². The Labute approximate surface area is 129 Å². The van der Waals surface area contributed by atoms with Gasteiger partial charge in [-0.05, 0) is 43.2 Å². The highest BCUT2D eigenvalue weighted by atomic mass is 16.1. The van der Waals surface area contributed by atoms with Crippen LogP contribution in [0, 0.1) is 13.8 Å². The van der Waals surface area contributed by atoms with Gasteiger partial charge in [0.2, 0.25) is 5.91 Å². The Bertz CT molecular complexity index is 849. The minimum atomic E-state index is -0.0127. The summed E-state index contributed by atoms with van der Waals surface area (Å²) in [4.78, 5) is 16.7. The lowest BCUT2D eigenvalue weighted by Gasteiger charge is -2.07. The highest BCUT2D eigenvalue weighted by molar-refractivity contribution is 5.94. The second-order valence-corrected chi connectivity index (χ2v) is 5.57. The van der Waals surface area contributed by atoms with E-state index >= 15 is 0 Å². The zero-order valence-corrected chi connectivity index (χ0v) is 13.1. The van der Waals surface area contributed by atoms with Crippen LogP contribution in [0.2, 0.25) is 0 Å². The number of aromatic nitrogens is 2. The van der Waals surface area contributed by atoms with E-state index in [0.717, 1.165) is 33.7 Å². The summed E-state index contributed by atoms with van der Waals surface area (Å²) in [5.41, 5.74) is 4.93. The second-order valence-electron chi connectivity index (χ2n) is 5.57. The van der Waals surface area contributed by atoms with Gasteiger partial charge in [-0.2, -0.15) is 0 Å². The van der Waals surface area contributed by atoms with Crippen LogP contribution in [-0.4, -0.2) is 15.5 Å². The van der Waals surface area contributed by atoms with Crippen LogP contribution in [0.1, 0.15) is 17.0 Å². The third-order valence-electron chi connectivity index (χ3n) is 4.00. The number of carbonyl (C=O) groups excluding carboxylic acids is 1. The highest BCUT2D eigenvalue weighted by Crippen LogP contribution is 2.19. The number of anilines is 1. The summed E-state index contributed by atoms with van der Waals surface area (Å²) in [7, 11) is 1.99. The number of imidazole rings is 1. The zero-order valence-electron chi connectivity index (χ0n) is 13.1. The Hall–Kier alpha value is -2.62. The molecule has 0 bridgehead atoms. The van der Waals surface area contributed by atoms with Crippen LogP contribution in [-0.2, 0) is 18.3 Å². The lowest BCUT2D eigenvalue weighted by molar-refractivity contribution is -0.115. The molecule has 2 aromatic carbocycles. The molecule has 0 aliphatic heterocycles. The molecule has 1 amide bonds. The van der Waals surface area contributed by atoms with E-state index in [-0.39, 0.29) is 5.91 Å². The van der Waals surface area contributed by atoms with Crippen LogP contribution in [0.5, 0.6) is 0 Å². The molecule has 4 nitrogen and oxygen atoms in total. The van der Waals surface area contributed by atoms with E-state index in [2.05, 4.69) is 10.3 Å². The number of rotatable bonds is 3. The number of nitrogens with zero attached hydrogens (tertiary/aromatic N) is 2. The fourth-order valence-corrected chi connectivity index (χ4v) is 2.58. The third-order valence-corrected chi connectivity index (χ3v) is 4.00. The average Bonchev–Trinajstić information content (AvgIpc) is 2.76. The van der Waals surface area contributed by atoms with E-state index in [9.17, 15) is 4.79 Å². The van der Waals surface area contributed by atoms with Crippen molar-refractivity contribution in [3.8, 4) is 0 Å². The molecule has 0 fully saturated rings. The smallest absolute Gasteiger partial charge is 0.228 e. The molecular weight excluding hydrogens is 274 g/mol. The minimum absolute atomic E-state index is 0.0127. The normalized spacial score (nSPS) is 10.9. The quantitative estimate of drug-likeness (QED) is 0.805. The summed E-state index contributed by atoms with van der Waals surface area (Å²) in [6.07, 6.45) is 0.381. The van der Waals surface area contributed by atoms with Crippen LogP contribution >= 0.6 is 0 Å². The number of aryl methyl sites for hydroxylation is 3. The number of carbonyl (C=O) groups is 1. The summed E-state index contributed by atoms with van der Waals surface area (Å²) in [5, 5.41) is 2.95.